The Morgan fingerprint density at radius 2 is 2.32 bits per heavy atom. The van der Waals surface area contributed by atoms with Crippen LogP contribution in [0.4, 0.5) is 0 Å². The standard InChI is InChI=1S/C15H26N4OS.HI/c1-3-13-11-18-14(21-13)7-8-17-15(16-4-2)19-10-12-6-5-9-20-12;/h11-12H,3-10H2,1-2H3,(H2,16,17,19);1H. The van der Waals surface area contributed by atoms with E-state index in [0.717, 1.165) is 57.9 Å². The van der Waals surface area contributed by atoms with Crippen LogP contribution in [-0.4, -0.2) is 43.3 Å². The highest BCUT2D eigenvalue weighted by atomic mass is 127. The summed E-state index contributed by atoms with van der Waals surface area (Å²) in [5.74, 6) is 0.875. The van der Waals surface area contributed by atoms with Gasteiger partial charge in [-0.15, -0.1) is 35.3 Å². The third kappa shape index (κ3) is 6.78. The summed E-state index contributed by atoms with van der Waals surface area (Å²) < 4.78 is 5.60. The zero-order chi connectivity index (χ0) is 14.9. The van der Waals surface area contributed by atoms with Crippen LogP contribution in [0.5, 0.6) is 0 Å². The summed E-state index contributed by atoms with van der Waals surface area (Å²) in [5.41, 5.74) is 0. The summed E-state index contributed by atoms with van der Waals surface area (Å²) in [7, 11) is 0. The van der Waals surface area contributed by atoms with Gasteiger partial charge in [0.25, 0.3) is 0 Å². The van der Waals surface area contributed by atoms with Crippen LogP contribution in [0.3, 0.4) is 0 Å². The average molecular weight is 438 g/mol. The zero-order valence-electron chi connectivity index (χ0n) is 13.4. The first-order valence-electron chi connectivity index (χ1n) is 7.89. The van der Waals surface area contributed by atoms with Crippen LogP contribution in [0.1, 0.15) is 36.6 Å². The third-order valence-electron chi connectivity index (χ3n) is 3.40. The second-order valence-corrected chi connectivity index (χ2v) is 6.31. The van der Waals surface area contributed by atoms with Crippen LogP contribution in [-0.2, 0) is 17.6 Å². The minimum absolute atomic E-state index is 0. The Kier molecular flexibility index (Phi) is 9.98. The topological polar surface area (TPSA) is 58.5 Å². The fraction of sp³-hybridized carbons (Fsp3) is 0.733. The third-order valence-corrected chi connectivity index (χ3v) is 4.60. The van der Waals surface area contributed by atoms with Crippen LogP contribution < -0.4 is 10.6 Å². The van der Waals surface area contributed by atoms with E-state index in [1.165, 1.54) is 9.88 Å². The number of nitrogens with one attached hydrogen (secondary N) is 2. The number of thiazole rings is 1. The molecule has 0 saturated carbocycles. The van der Waals surface area contributed by atoms with Crippen LogP contribution in [0.25, 0.3) is 0 Å². The molecule has 1 aliphatic heterocycles. The Balaban J connectivity index is 0.00000242. The molecule has 126 valence electrons. The van der Waals surface area contributed by atoms with Gasteiger partial charge in [0.2, 0.25) is 0 Å². The van der Waals surface area contributed by atoms with Crippen molar-refractivity contribution in [2.75, 3.05) is 26.2 Å². The molecule has 2 heterocycles. The smallest absolute Gasteiger partial charge is 0.191 e. The summed E-state index contributed by atoms with van der Waals surface area (Å²) in [6, 6.07) is 0. The lowest BCUT2D eigenvalue weighted by atomic mass is 10.2. The van der Waals surface area contributed by atoms with Gasteiger partial charge < -0.3 is 15.4 Å². The number of rotatable bonds is 7. The Labute approximate surface area is 154 Å². The van der Waals surface area contributed by atoms with Crippen LogP contribution in [0.2, 0.25) is 0 Å². The number of aliphatic imine (C=N–C) groups is 1. The van der Waals surface area contributed by atoms with Gasteiger partial charge in [0, 0.05) is 37.2 Å². The number of halogens is 1. The highest BCUT2D eigenvalue weighted by Crippen LogP contribution is 2.13. The predicted molar refractivity (Wildman–Crippen MR) is 104 cm³/mol. The molecule has 0 spiro atoms. The van der Waals surface area contributed by atoms with E-state index in [0.29, 0.717) is 6.10 Å². The maximum atomic E-state index is 5.60. The molecule has 0 bridgehead atoms. The Hall–Kier alpha value is -0.410. The van der Waals surface area contributed by atoms with Gasteiger partial charge in [0.05, 0.1) is 17.7 Å². The first-order chi connectivity index (χ1) is 10.3. The van der Waals surface area contributed by atoms with Gasteiger partial charge in [0.15, 0.2) is 5.96 Å². The molecule has 0 aromatic carbocycles. The monoisotopic (exact) mass is 438 g/mol. The van der Waals surface area contributed by atoms with Crippen molar-refractivity contribution in [3.63, 3.8) is 0 Å². The second-order valence-electron chi connectivity index (χ2n) is 5.11. The van der Waals surface area contributed by atoms with Gasteiger partial charge in [-0.3, -0.25) is 4.99 Å². The minimum Gasteiger partial charge on any atom is -0.376 e. The fourth-order valence-corrected chi connectivity index (χ4v) is 3.10. The molecule has 7 heteroatoms. The lowest BCUT2D eigenvalue weighted by molar-refractivity contribution is 0.117. The molecule has 0 radical (unpaired) electrons. The Bertz CT molecular complexity index is 447. The quantitative estimate of drug-likeness (QED) is 0.391. The van der Waals surface area contributed by atoms with Crippen molar-refractivity contribution in [3.8, 4) is 0 Å². The van der Waals surface area contributed by atoms with E-state index in [9.17, 15) is 0 Å². The average Bonchev–Trinajstić information content (AvgIpc) is 3.16. The number of ether oxygens (including phenoxy) is 1. The van der Waals surface area contributed by atoms with Crippen LogP contribution >= 0.6 is 35.3 Å². The lowest BCUT2D eigenvalue weighted by Crippen LogP contribution is -2.38. The highest BCUT2D eigenvalue weighted by molar-refractivity contribution is 14.0. The molecule has 1 fully saturated rings. The molecule has 5 nitrogen and oxygen atoms in total. The maximum absolute atomic E-state index is 5.60. The summed E-state index contributed by atoms with van der Waals surface area (Å²) in [6.07, 6.45) is 6.57. The van der Waals surface area contributed by atoms with Gasteiger partial charge in [-0.05, 0) is 26.2 Å². The first-order valence-corrected chi connectivity index (χ1v) is 8.70. The summed E-state index contributed by atoms with van der Waals surface area (Å²) in [4.78, 5) is 10.4. The van der Waals surface area contributed by atoms with E-state index in [4.69, 9.17) is 4.74 Å². The minimum atomic E-state index is 0. The van der Waals surface area contributed by atoms with E-state index >= 15 is 0 Å². The Morgan fingerprint density at radius 1 is 1.45 bits per heavy atom. The van der Waals surface area contributed by atoms with Gasteiger partial charge >= 0.3 is 0 Å². The van der Waals surface area contributed by atoms with E-state index in [-0.39, 0.29) is 24.0 Å². The predicted octanol–water partition coefficient (Wildman–Crippen LogP) is 2.60. The van der Waals surface area contributed by atoms with Crippen molar-refractivity contribution in [2.45, 2.75) is 45.6 Å². The van der Waals surface area contributed by atoms with Crippen LogP contribution in [0, 0.1) is 0 Å². The molecule has 1 aliphatic rings. The number of aromatic nitrogens is 1. The molecular formula is C15H27IN4OS. The molecular weight excluding hydrogens is 411 g/mol. The number of nitrogens with zero attached hydrogens (tertiary/aromatic N) is 2. The van der Waals surface area contributed by atoms with E-state index in [2.05, 4.69) is 34.5 Å². The molecule has 1 unspecified atom stereocenters. The van der Waals surface area contributed by atoms with E-state index in [1.54, 1.807) is 11.3 Å². The zero-order valence-corrected chi connectivity index (χ0v) is 16.6. The van der Waals surface area contributed by atoms with E-state index < -0.39 is 0 Å². The maximum Gasteiger partial charge on any atom is 0.191 e. The highest BCUT2D eigenvalue weighted by Gasteiger charge is 2.14. The molecule has 0 amide bonds. The van der Waals surface area contributed by atoms with Crippen molar-refractivity contribution in [3.05, 3.63) is 16.1 Å². The second kappa shape index (κ2) is 11.2. The molecule has 0 aliphatic carbocycles. The Morgan fingerprint density at radius 3 is 2.95 bits per heavy atom. The largest absolute Gasteiger partial charge is 0.376 e. The summed E-state index contributed by atoms with van der Waals surface area (Å²) >= 11 is 1.80. The van der Waals surface area contributed by atoms with Crippen molar-refractivity contribution >= 4 is 41.3 Å². The van der Waals surface area contributed by atoms with Crippen molar-refractivity contribution in [1.82, 2.24) is 15.6 Å². The van der Waals surface area contributed by atoms with Gasteiger partial charge in [-0.2, -0.15) is 0 Å². The fourth-order valence-electron chi connectivity index (χ4n) is 2.24. The molecule has 1 atom stereocenters. The van der Waals surface area contributed by atoms with Gasteiger partial charge in [-0.1, -0.05) is 6.92 Å². The number of guanidine groups is 1. The normalized spacial score (nSPS) is 18.1. The molecule has 2 N–H and O–H groups in total. The number of hydrogen-bond donors (Lipinski definition) is 2. The number of hydrogen-bond acceptors (Lipinski definition) is 4. The molecule has 22 heavy (non-hydrogen) atoms. The summed E-state index contributed by atoms with van der Waals surface area (Å²) in [6.45, 7) is 7.59. The molecule has 1 aromatic rings. The molecule has 2 rings (SSSR count). The van der Waals surface area contributed by atoms with Crippen molar-refractivity contribution in [2.24, 2.45) is 4.99 Å². The van der Waals surface area contributed by atoms with Gasteiger partial charge in [-0.25, -0.2) is 4.98 Å². The van der Waals surface area contributed by atoms with Gasteiger partial charge in [0.1, 0.15) is 0 Å². The van der Waals surface area contributed by atoms with Crippen LogP contribution in [0.15, 0.2) is 11.2 Å². The summed E-state index contributed by atoms with van der Waals surface area (Å²) in [5, 5.41) is 7.84. The molecule has 1 saturated heterocycles. The SMILES string of the molecule is CCNC(=NCC1CCCO1)NCCc1ncc(CC)s1.I. The van der Waals surface area contributed by atoms with Crippen molar-refractivity contribution in [1.29, 1.82) is 0 Å². The first kappa shape index (κ1) is 19.6. The van der Waals surface area contributed by atoms with E-state index in [1.807, 2.05) is 6.20 Å². The number of aryl methyl sites for hydroxylation is 1. The van der Waals surface area contributed by atoms with Crippen molar-refractivity contribution < 1.29 is 4.74 Å². The lowest BCUT2D eigenvalue weighted by Gasteiger charge is -2.12. The molecule has 1 aromatic heterocycles.